The molecule has 0 bridgehead atoms. The molecule has 6 nitrogen and oxygen atoms in total. The van der Waals surface area contributed by atoms with E-state index in [9.17, 15) is 4.79 Å². The van der Waals surface area contributed by atoms with Gasteiger partial charge in [-0.3, -0.25) is 4.79 Å². The SMILES string of the molecule is Cc1ccc(O[C@H](C)C(=O)N(C)Cc2nc(-c3cccs3)no2)cc1C. The summed E-state index contributed by atoms with van der Waals surface area (Å²) < 4.78 is 11.0. The molecule has 2 heterocycles. The summed E-state index contributed by atoms with van der Waals surface area (Å²) in [4.78, 5) is 19.3. The van der Waals surface area contributed by atoms with Gasteiger partial charge >= 0.3 is 0 Å². The summed E-state index contributed by atoms with van der Waals surface area (Å²) in [6.07, 6.45) is -0.609. The fraction of sp³-hybridized carbons (Fsp3) is 0.316. The van der Waals surface area contributed by atoms with Crippen LogP contribution in [0.25, 0.3) is 10.7 Å². The second-order valence-electron chi connectivity index (χ2n) is 6.19. The third-order valence-electron chi connectivity index (χ3n) is 4.10. The van der Waals surface area contributed by atoms with E-state index < -0.39 is 6.10 Å². The Labute approximate surface area is 156 Å². The van der Waals surface area contributed by atoms with Crippen LogP contribution in [0.5, 0.6) is 5.75 Å². The highest BCUT2D eigenvalue weighted by Crippen LogP contribution is 2.22. The Kier molecular flexibility index (Phi) is 5.37. The van der Waals surface area contributed by atoms with E-state index in [-0.39, 0.29) is 12.5 Å². The lowest BCUT2D eigenvalue weighted by atomic mass is 10.1. The van der Waals surface area contributed by atoms with Crippen molar-refractivity contribution < 1.29 is 14.1 Å². The first-order valence-corrected chi connectivity index (χ1v) is 9.17. The predicted octanol–water partition coefficient (Wildman–Crippen LogP) is 3.84. The number of carbonyl (C=O) groups excluding carboxylic acids is 1. The minimum Gasteiger partial charge on any atom is -0.481 e. The molecular weight excluding hydrogens is 350 g/mol. The molecule has 3 rings (SSSR count). The molecule has 3 aromatic rings. The molecule has 0 N–H and O–H groups in total. The minimum absolute atomic E-state index is 0.154. The van der Waals surface area contributed by atoms with E-state index in [1.165, 1.54) is 21.8 Å². The molecule has 0 radical (unpaired) electrons. The first-order valence-electron chi connectivity index (χ1n) is 8.29. The van der Waals surface area contributed by atoms with Crippen molar-refractivity contribution in [2.75, 3.05) is 7.05 Å². The maximum atomic E-state index is 12.6. The second kappa shape index (κ2) is 7.70. The summed E-state index contributed by atoms with van der Waals surface area (Å²) in [5.74, 6) is 1.46. The quantitative estimate of drug-likeness (QED) is 0.658. The van der Waals surface area contributed by atoms with E-state index in [0.717, 1.165) is 10.4 Å². The van der Waals surface area contributed by atoms with E-state index in [1.807, 2.05) is 49.6 Å². The molecule has 26 heavy (non-hydrogen) atoms. The number of amides is 1. The third kappa shape index (κ3) is 4.11. The lowest BCUT2D eigenvalue weighted by Crippen LogP contribution is -2.37. The molecule has 1 aromatic carbocycles. The zero-order valence-electron chi connectivity index (χ0n) is 15.2. The van der Waals surface area contributed by atoms with Crippen LogP contribution in [0.15, 0.2) is 40.2 Å². The van der Waals surface area contributed by atoms with Gasteiger partial charge in [0.25, 0.3) is 5.91 Å². The number of likely N-dealkylation sites (N-methyl/N-ethyl adjacent to an activating group) is 1. The van der Waals surface area contributed by atoms with Crippen molar-refractivity contribution in [1.29, 1.82) is 0 Å². The Morgan fingerprint density at radius 1 is 1.31 bits per heavy atom. The summed E-state index contributed by atoms with van der Waals surface area (Å²) in [6.45, 7) is 6.02. The predicted molar refractivity (Wildman–Crippen MR) is 100 cm³/mol. The third-order valence-corrected chi connectivity index (χ3v) is 4.96. The van der Waals surface area contributed by atoms with Gasteiger partial charge in [0.15, 0.2) is 6.10 Å². The van der Waals surface area contributed by atoms with Crippen molar-refractivity contribution in [3.05, 3.63) is 52.7 Å². The number of aryl methyl sites for hydroxylation is 2. The topological polar surface area (TPSA) is 68.5 Å². The first kappa shape index (κ1) is 18.1. The molecule has 2 aromatic heterocycles. The van der Waals surface area contributed by atoms with E-state index >= 15 is 0 Å². The van der Waals surface area contributed by atoms with Gasteiger partial charge in [-0.05, 0) is 55.5 Å². The maximum Gasteiger partial charge on any atom is 0.263 e. The standard InChI is InChI=1S/C19H21N3O3S/c1-12-7-8-15(10-13(12)2)24-14(3)19(23)22(4)11-17-20-18(21-25-17)16-6-5-9-26-16/h5-10,14H,11H2,1-4H3/t14-/m1/s1. The highest BCUT2D eigenvalue weighted by molar-refractivity contribution is 7.13. The monoisotopic (exact) mass is 371 g/mol. The maximum absolute atomic E-state index is 12.6. The zero-order chi connectivity index (χ0) is 18.7. The highest BCUT2D eigenvalue weighted by Gasteiger charge is 2.21. The van der Waals surface area contributed by atoms with E-state index in [2.05, 4.69) is 10.1 Å². The van der Waals surface area contributed by atoms with Gasteiger partial charge in [-0.25, -0.2) is 0 Å². The fourth-order valence-electron chi connectivity index (χ4n) is 2.46. The van der Waals surface area contributed by atoms with Crippen LogP contribution in [0.3, 0.4) is 0 Å². The number of rotatable bonds is 6. The number of aromatic nitrogens is 2. The Morgan fingerprint density at radius 2 is 2.12 bits per heavy atom. The zero-order valence-corrected chi connectivity index (χ0v) is 16.0. The largest absolute Gasteiger partial charge is 0.481 e. The summed E-state index contributed by atoms with van der Waals surface area (Å²) in [7, 11) is 1.69. The van der Waals surface area contributed by atoms with E-state index in [0.29, 0.717) is 17.5 Å². The molecule has 0 unspecified atom stereocenters. The van der Waals surface area contributed by atoms with Crippen molar-refractivity contribution in [3.8, 4) is 16.5 Å². The van der Waals surface area contributed by atoms with Gasteiger partial charge in [0.1, 0.15) is 5.75 Å². The fourth-order valence-corrected chi connectivity index (χ4v) is 3.11. The van der Waals surface area contributed by atoms with Gasteiger partial charge in [-0.15, -0.1) is 11.3 Å². The number of thiophene rings is 1. The lowest BCUT2D eigenvalue weighted by Gasteiger charge is -2.21. The van der Waals surface area contributed by atoms with Crippen LogP contribution in [0.4, 0.5) is 0 Å². The number of nitrogens with zero attached hydrogens (tertiary/aromatic N) is 3. The summed E-state index contributed by atoms with van der Waals surface area (Å²) >= 11 is 1.54. The average Bonchev–Trinajstić information content (AvgIpc) is 3.28. The van der Waals surface area contributed by atoms with Crippen LogP contribution in [0.1, 0.15) is 23.9 Å². The molecule has 1 amide bonds. The number of hydrogen-bond acceptors (Lipinski definition) is 6. The Morgan fingerprint density at radius 3 is 2.81 bits per heavy atom. The molecular formula is C19H21N3O3S. The van der Waals surface area contributed by atoms with Crippen LogP contribution in [-0.4, -0.2) is 34.1 Å². The van der Waals surface area contributed by atoms with Crippen LogP contribution in [-0.2, 0) is 11.3 Å². The number of ether oxygens (including phenoxy) is 1. The van der Waals surface area contributed by atoms with Crippen molar-refractivity contribution in [1.82, 2.24) is 15.0 Å². The van der Waals surface area contributed by atoms with Crippen LogP contribution in [0.2, 0.25) is 0 Å². The van der Waals surface area contributed by atoms with Crippen molar-refractivity contribution in [3.63, 3.8) is 0 Å². The number of carbonyl (C=O) groups is 1. The molecule has 0 spiro atoms. The summed E-state index contributed by atoms with van der Waals surface area (Å²) in [5.41, 5.74) is 2.31. The van der Waals surface area contributed by atoms with Crippen molar-refractivity contribution in [2.24, 2.45) is 0 Å². The molecule has 0 aliphatic heterocycles. The van der Waals surface area contributed by atoms with Crippen LogP contribution < -0.4 is 4.74 Å². The average molecular weight is 371 g/mol. The molecule has 1 atom stereocenters. The van der Waals surface area contributed by atoms with Crippen molar-refractivity contribution in [2.45, 2.75) is 33.4 Å². The van der Waals surface area contributed by atoms with Gasteiger partial charge < -0.3 is 14.2 Å². The molecule has 0 saturated heterocycles. The number of hydrogen-bond donors (Lipinski definition) is 0. The molecule has 0 saturated carbocycles. The molecule has 0 aliphatic carbocycles. The van der Waals surface area contributed by atoms with Crippen LogP contribution >= 0.6 is 11.3 Å². The van der Waals surface area contributed by atoms with Gasteiger partial charge in [0, 0.05) is 7.05 Å². The smallest absolute Gasteiger partial charge is 0.263 e. The molecule has 0 fully saturated rings. The molecule has 7 heteroatoms. The summed E-state index contributed by atoms with van der Waals surface area (Å²) in [5, 5.41) is 5.91. The van der Waals surface area contributed by atoms with Crippen molar-refractivity contribution >= 4 is 17.2 Å². The molecule has 136 valence electrons. The Hall–Kier alpha value is -2.67. The highest BCUT2D eigenvalue weighted by atomic mass is 32.1. The first-order chi connectivity index (χ1) is 12.4. The second-order valence-corrected chi connectivity index (χ2v) is 7.14. The van der Waals surface area contributed by atoms with Gasteiger partial charge in [-0.2, -0.15) is 4.98 Å². The molecule has 0 aliphatic rings. The van der Waals surface area contributed by atoms with Gasteiger partial charge in [0.2, 0.25) is 11.7 Å². The number of benzene rings is 1. The van der Waals surface area contributed by atoms with E-state index in [1.54, 1.807) is 14.0 Å². The van der Waals surface area contributed by atoms with Gasteiger partial charge in [0.05, 0.1) is 11.4 Å². The lowest BCUT2D eigenvalue weighted by molar-refractivity contribution is -0.137. The normalized spacial score (nSPS) is 12.0. The van der Waals surface area contributed by atoms with Gasteiger partial charge in [-0.1, -0.05) is 17.3 Å². The minimum atomic E-state index is -0.609. The van der Waals surface area contributed by atoms with E-state index in [4.69, 9.17) is 9.26 Å². The Balaban J connectivity index is 1.61. The summed E-state index contributed by atoms with van der Waals surface area (Å²) in [6, 6.07) is 9.64. The Bertz CT molecular complexity index is 889. The van der Waals surface area contributed by atoms with Crippen LogP contribution in [0, 0.1) is 13.8 Å².